The van der Waals surface area contributed by atoms with E-state index in [2.05, 4.69) is 35.5 Å². The largest absolute Gasteiger partial charge is 0.251 e. The molecule has 0 amide bonds. The van der Waals surface area contributed by atoms with E-state index in [-0.39, 0.29) is 0 Å². The van der Waals surface area contributed by atoms with Gasteiger partial charge in [-0.25, -0.2) is 14.6 Å². The van der Waals surface area contributed by atoms with E-state index in [1.54, 1.807) is 0 Å². The van der Waals surface area contributed by atoms with E-state index in [1.165, 1.54) is 16.8 Å². The second kappa shape index (κ2) is 4.54. The average Bonchev–Trinajstić information content (AvgIpc) is 2.89. The topological polar surface area (TPSA) is 43.6 Å². The van der Waals surface area contributed by atoms with Crippen molar-refractivity contribution in [2.45, 2.75) is 40.5 Å². The number of rotatable bonds is 2. The van der Waals surface area contributed by atoms with Crippen LogP contribution in [0.4, 0.5) is 0 Å². The van der Waals surface area contributed by atoms with Crippen LogP contribution in [0.15, 0.2) is 18.2 Å². The standard InChI is InChI=1S/C16H20N4/c1-9(2)13-7-14-12(5)19-20(15(14)8-13)16-17-10(3)6-11(4)18-16/h6,13H,1,7-8H2,2-5H3/t13-/m0/s1. The van der Waals surface area contributed by atoms with Crippen LogP contribution in [0.25, 0.3) is 5.95 Å². The molecule has 1 atom stereocenters. The zero-order chi connectivity index (χ0) is 14.4. The van der Waals surface area contributed by atoms with E-state index in [9.17, 15) is 0 Å². The van der Waals surface area contributed by atoms with Crippen molar-refractivity contribution in [1.29, 1.82) is 0 Å². The number of aromatic nitrogens is 4. The van der Waals surface area contributed by atoms with Crippen LogP contribution < -0.4 is 0 Å². The monoisotopic (exact) mass is 268 g/mol. The number of nitrogens with zero attached hydrogens (tertiary/aromatic N) is 4. The lowest BCUT2D eigenvalue weighted by Crippen LogP contribution is -2.10. The highest BCUT2D eigenvalue weighted by Crippen LogP contribution is 2.33. The lowest BCUT2D eigenvalue weighted by molar-refractivity contribution is 0.624. The first-order valence-electron chi connectivity index (χ1n) is 7.01. The fraction of sp³-hybridized carbons (Fsp3) is 0.438. The molecule has 104 valence electrons. The summed E-state index contributed by atoms with van der Waals surface area (Å²) in [6.07, 6.45) is 2.03. The Kier molecular flexibility index (Phi) is 2.96. The summed E-state index contributed by atoms with van der Waals surface area (Å²) < 4.78 is 1.92. The van der Waals surface area contributed by atoms with Crippen molar-refractivity contribution in [2.75, 3.05) is 0 Å². The average molecular weight is 268 g/mol. The Morgan fingerprint density at radius 3 is 2.45 bits per heavy atom. The molecule has 0 aromatic carbocycles. The van der Waals surface area contributed by atoms with E-state index in [0.717, 1.165) is 29.9 Å². The Balaban J connectivity index is 2.09. The van der Waals surface area contributed by atoms with Crippen molar-refractivity contribution in [1.82, 2.24) is 19.7 Å². The molecule has 0 saturated carbocycles. The third-order valence-electron chi connectivity index (χ3n) is 4.04. The number of hydrogen-bond donors (Lipinski definition) is 0. The van der Waals surface area contributed by atoms with Gasteiger partial charge in [-0.2, -0.15) is 5.10 Å². The lowest BCUT2D eigenvalue weighted by atomic mass is 9.99. The van der Waals surface area contributed by atoms with E-state index >= 15 is 0 Å². The van der Waals surface area contributed by atoms with Gasteiger partial charge in [0.25, 0.3) is 5.95 Å². The highest BCUT2D eigenvalue weighted by Gasteiger charge is 2.29. The summed E-state index contributed by atoms with van der Waals surface area (Å²) in [5.74, 6) is 1.22. The van der Waals surface area contributed by atoms with Gasteiger partial charge in [-0.15, -0.1) is 0 Å². The molecule has 2 aromatic rings. The van der Waals surface area contributed by atoms with E-state index in [0.29, 0.717) is 11.9 Å². The molecular formula is C16H20N4. The summed E-state index contributed by atoms with van der Waals surface area (Å²) in [4.78, 5) is 9.06. The van der Waals surface area contributed by atoms with Crippen LogP contribution in [0.5, 0.6) is 0 Å². The summed E-state index contributed by atoms with van der Waals surface area (Å²) in [6, 6.07) is 1.98. The third kappa shape index (κ3) is 2.05. The zero-order valence-electron chi connectivity index (χ0n) is 12.6. The first kappa shape index (κ1) is 13.0. The number of allylic oxidation sites excluding steroid dienone is 1. The fourth-order valence-electron chi connectivity index (χ4n) is 2.95. The summed E-state index contributed by atoms with van der Waals surface area (Å²) in [7, 11) is 0. The minimum absolute atomic E-state index is 0.527. The van der Waals surface area contributed by atoms with Crippen molar-refractivity contribution in [2.24, 2.45) is 5.92 Å². The predicted octanol–water partition coefficient (Wildman–Crippen LogP) is 2.88. The first-order chi connectivity index (χ1) is 9.45. The van der Waals surface area contributed by atoms with Crippen LogP contribution in [0, 0.1) is 26.7 Å². The molecule has 0 spiro atoms. The Labute approximate surface area is 119 Å². The smallest absolute Gasteiger partial charge is 0.216 e. The van der Waals surface area contributed by atoms with Gasteiger partial charge in [0.15, 0.2) is 0 Å². The van der Waals surface area contributed by atoms with Crippen LogP contribution in [0.3, 0.4) is 0 Å². The van der Waals surface area contributed by atoms with Gasteiger partial charge in [-0.1, -0.05) is 12.2 Å². The molecule has 0 N–H and O–H groups in total. The Morgan fingerprint density at radius 1 is 1.20 bits per heavy atom. The van der Waals surface area contributed by atoms with Gasteiger partial charge in [0, 0.05) is 11.4 Å². The number of aryl methyl sites for hydroxylation is 3. The van der Waals surface area contributed by atoms with Crippen molar-refractivity contribution >= 4 is 0 Å². The maximum Gasteiger partial charge on any atom is 0.251 e. The maximum absolute atomic E-state index is 4.64. The quantitative estimate of drug-likeness (QED) is 0.787. The molecule has 4 nitrogen and oxygen atoms in total. The van der Waals surface area contributed by atoms with Gasteiger partial charge in [0.05, 0.1) is 11.4 Å². The molecule has 1 aliphatic carbocycles. The Hall–Kier alpha value is -1.97. The van der Waals surface area contributed by atoms with Crippen LogP contribution in [0.1, 0.15) is 35.3 Å². The molecule has 4 heteroatoms. The molecule has 1 aliphatic rings. The second-order valence-electron chi connectivity index (χ2n) is 5.82. The molecule has 0 unspecified atom stereocenters. The van der Waals surface area contributed by atoms with Crippen LogP contribution in [-0.4, -0.2) is 19.7 Å². The van der Waals surface area contributed by atoms with E-state index in [1.807, 2.05) is 24.6 Å². The zero-order valence-corrected chi connectivity index (χ0v) is 12.6. The van der Waals surface area contributed by atoms with Crippen LogP contribution >= 0.6 is 0 Å². The summed E-state index contributed by atoms with van der Waals surface area (Å²) in [6.45, 7) is 12.3. The molecule has 0 fully saturated rings. The van der Waals surface area contributed by atoms with Crippen molar-refractivity contribution < 1.29 is 0 Å². The predicted molar refractivity (Wildman–Crippen MR) is 79.1 cm³/mol. The SMILES string of the molecule is C=C(C)[C@H]1Cc2c(C)nn(-c3nc(C)cc(C)n3)c2C1. The van der Waals surface area contributed by atoms with Crippen molar-refractivity contribution in [3.8, 4) is 5.95 Å². The molecule has 20 heavy (non-hydrogen) atoms. The molecule has 0 bridgehead atoms. The van der Waals surface area contributed by atoms with Gasteiger partial charge >= 0.3 is 0 Å². The van der Waals surface area contributed by atoms with Crippen LogP contribution in [0.2, 0.25) is 0 Å². The minimum atomic E-state index is 0.527. The number of fused-ring (bicyclic) bond motifs is 1. The van der Waals surface area contributed by atoms with Gasteiger partial charge in [0.1, 0.15) is 0 Å². The van der Waals surface area contributed by atoms with E-state index < -0.39 is 0 Å². The van der Waals surface area contributed by atoms with Crippen LogP contribution in [-0.2, 0) is 12.8 Å². The molecule has 0 radical (unpaired) electrons. The van der Waals surface area contributed by atoms with Crippen molar-refractivity contribution in [3.63, 3.8) is 0 Å². The Bertz CT molecular complexity index is 676. The van der Waals surface area contributed by atoms with E-state index in [4.69, 9.17) is 0 Å². The second-order valence-corrected chi connectivity index (χ2v) is 5.82. The Morgan fingerprint density at radius 2 is 1.85 bits per heavy atom. The highest BCUT2D eigenvalue weighted by molar-refractivity contribution is 5.37. The molecular weight excluding hydrogens is 248 g/mol. The highest BCUT2D eigenvalue weighted by atomic mass is 15.4. The van der Waals surface area contributed by atoms with Gasteiger partial charge in [0.2, 0.25) is 0 Å². The van der Waals surface area contributed by atoms with Gasteiger partial charge < -0.3 is 0 Å². The molecule has 2 aromatic heterocycles. The fourth-order valence-corrected chi connectivity index (χ4v) is 2.95. The normalized spacial score (nSPS) is 17.3. The molecule has 2 heterocycles. The van der Waals surface area contributed by atoms with Gasteiger partial charge in [-0.3, -0.25) is 0 Å². The summed E-state index contributed by atoms with van der Waals surface area (Å²) in [5, 5.41) is 4.64. The first-order valence-corrected chi connectivity index (χ1v) is 7.01. The van der Waals surface area contributed by atoms with Crippen molar-refractivity contribution in [3.05, 3.63) is 46.6 Å². The molecule has 0 saturated heterocycles. The number of hydrogen-bond acceptors (Lipinski definition) is 3. The summed E-state index contributed by atoms with van der Waals surface area (Å²) >= 11 is 0. The lowest BCUT2D eigenvalue weighted by Gasteiger charge is -2.10. The molecule has 3 rings (SSSR count). The maximum atomic E-state index is 4.64. The summed E-state index contributed by atoms with van der Waals surface area (Å²) in [5.41, 5.74) is 6.88. The van der Waals surface area contributed by atoms with Gasteiger partial charge in [-0.05, 0) is 58.1 Å². The minimum Gasteiger partial charge on any atom is -0.216 e. The third-order valence-corrected chi connectivity index (χ3v) is 4.04. The molecule has 0 aliphatic heterocycles.